The van der Waals surface area contributed by atoms with E-state index in [-0.39, 0.29) is 11.5 Å². The predicted octanol–water partition coefficient (Wildman–Crippen LogP) is 1.88. The molecular formula is C17H16FN3O3. The van der Waals surface area contributed by atoms with Crippen LogP contribution in [0.5, 0.6) is 0 Å². The predicted molar refractivity (Wildman–Crippen MR) is 85.7 cm³/mol. The number of rotatable bonds is 3. The number of nitrogens with zero attached hydrogens (tertiary/aromatic N) is 3. The van der Waals surface area contributed by atoms with E-state index >= 15 is 0 Å². The van der Waals surface area contributed by atoms with E-state index in [9.17, 15) is 19.1 Å². The van der Waals surface area contributed by atoms with Crippen molar-refractivity contribution in [2.24, 2.45) is 0 Å². The van der Waals surface area contributed by atoms with E-state index in [4.69, 9.17) is 0 Å². The second kappa shape index (κ2) is 6.66. The molecule has 0 bridgehead atoms. The summed E-state index contributed by atoms with van der Waals surface area (Å²) in [6.45, 7) is 1.78. The van der Waals surface area contributed by atoms with Crippen LogP contribution in [-0.4, -0.2) is 53.0 Å². The van der Waals surface area contributed by atoms with Gasteiger partial charge in [0.15, 0.2) is 0 Å². The van der Waals surface area contributed by atoms with Crippen LogP contribution in [0.3, 0.4) is 0 Å². The van der Waals surface area contributed by atoms with Crippen molar-refractivity contribution in [3.05, 3.63) is 59.5 Å². The lowest BCUT2D eigenvalue weighted by molar-refractivity contribution is 0.0692. The molecule has 3 rings (SSSR count). The van der Waals surface area contributed by atoms with Gasteiger partial charge in [-0.2, -0.15) is 0 Å². The summed E-state index contributed by atoms with van der Waals surface area (Å²) in [4.78, 5) is 31.3. The first-order valence-corrected chi connectivity index (χ1v) is 7.54. The van der Waals surface area contributed by atoms with Crippen LogP contribution in [0.2, 0.25) is 0 Å². The minimum atomic E-state index is -1.03. The van der Waals surface area contributed by atoms with Crippen LogP contribution in [0.15, 0.2) is 42.6 Å². The van der Waals surface area contributed by atoms with Crippen molar-refractivity contribution in [2.75, 3.05) is 31.1 Å². The van der Waals surface area contributed by atoms with E-state index in [1.54, 1.807) is 23.2 Å². The maximum absolute atomic E-state index is 13.3. The van der Waals surface area contributed by atoms with Crippen LogP contribution in [0, 0.1) is 5.82 Å². The summed E-state index contributed by atoms with van der Waals surface area (Å²) in [6.07, 6.45) is 1.55. The van der Waals surface area contributed by atoms with E-state index in [2.05, 4.69) is 4.98 Å². The third-order valence-electron chi connectivity index (χ3n) is 3.96. The van der Waals surface area contributed by atoms with Gasteiger partial charge in [-0.3, -0.25) is 4.79 Å². The van der Waals surface area contributed by atoms with Crippen LogP contribution >= 0.6 is 0 Å². The summed E-state index contributed by atoms with van der Waals surface area (Å²) >= 11 is 0. The lowest BCUT2D eigenvalue weighted by Gasteiger charge is -2.35. The average molecular weight is 329 g/mol. The SMILES string of the molecule is O=C(O)c1cccnc1N1CCN(C(=O)c2cccc(F)c2)CC1. The Hall–Kier alpha value is -2.96. The molecule has 1 aromatic heterocycles. The minimum Gasteiger partial charge on any atom is -0.478 e. The molecule has 0 radical (unpaired) electrons. The number of carbonyl (C=O) groups is 2. The van der Waals surface area contributed by atoms with Crippen LogP contribution in [0.4, 0.5) is 10.2 Å². The molecule has 1 amide bonds. The van der Waals surface area contributed by atoms with Gasteiger partial charge in [0, 0.05) is 37.9 Å². The Morgan fingerprint density at radius 2 is 1.83 bits per heavy atom. The lowest BCUT2D eigenvalue weighted by atomic mass is 10.1. The van der Waals surface area contributed by atoms with Crippen molar-refractivity contribution in [3.8, 4) is 0 Å². The van der Waals surface area contributed by atoms with Gasteiger partial charge in [0.2, 0.25) is 0 Å². The van der Waals surface area contributed by atoms with E-state index in [1.165, 1.54) is 24.3 Å². The summed E-state index contributed by atoms with van der Waals surface area (Å²) < 4.78 is 13.3. The number of piperazine rings is 1. The molecule has 0 saturated carbocycles. The largest absolute Gasteiger partial charge is 0.478 e. The van der Waals surface area contributed by atoms with Gasteiger partial charge in [-0.15, -0.1) is 0 Å². The molecule has 124 valence electrons. The number of benzene rings is 1. The Balaban J connectivity index is 1.70. The maximum atomic E-state index is 13.3. The highest BCUT2D eigenvalue weighted by Crippen LogP contribution is 2.19. The fraction of sp³-hybridized carbons (Fsp3) is 0.235. The van der Waals surface area contributed by atoms with Gasteiger partial charge in [-0.1, -0.05) is 6.07 Å². The Bertz CT molecular complexity index is 773. The van der Waals surface area contributed by atoms with Crippen molar-refractivity contribution in [3.63, 3.8) is 0 Å². The Morgan fingerprint density at radius 3 is 2.50 bits per heavy atom. The number of pyridine rings is 1. The van der Waals surface area contributed by atoms with Crippen molar-refractivity contribution >= 4 is 17.7 Å². The summed E-state index contributed by atoms with van der Waals surface area (Å²) in [7, 11) is 0. The molecule has 1 aliphatic rings. The number of hydrogen-bond donors (Lipinski definition) is 1. The van der Waals surface area contributed by atoms with E-state index < -0.39 is 11.8 Å². The molecule has 6 nitrogen and oxygen atoms in total. The number of aromatic nitrogens is 1. The monoisotopic (exact) mass is 329 g/mol. The van der Waals surface area contributed by atoms with E-state index in [0.717, 1.165) is 0 Å². The second-order valence-corrected chi connectivity index (χ2v) is 5.47. The molecule has 0 spiro atoms. The fourth-order valence-corrected chi connectivity index (χ4v) is 2.74. The van der Waals surface area contributed by atoms with Gasteiger partial charge in [-0.05, 0) is 30.3 Å². The molecule has 1 N–H and O–H groups in total. The summed E-state index contributed by atoms with van der Waals surface area (Å²) in [6, 6.07) is 8.69. The molecule has 0 aliphatic carbocycles. The van der Waals surface area contributed by atoms with E-state index in [1.807, 2.05) is 4.90 Å². The van der Waals surface area contributed by atoms with Crippen molar-refractivity contribution in [2.45, 2.75) is 0 Å². The smallest absolute Gasteiger partial charge is 0.339 e. The summed E-state index contributed by atoms with van der Waals surface area (Å²) in [5.41, 5.74) is 0.454. The highest BCUT2D eigenvalue weighted by molar-refractivity contribution is 5.95. The zero-order valence-electron chi connectivity index (χ0n) is 12.9. The van der Waals surface area contributed by atoms with Gasteiger partial charge >= 0.3 is 5.97 Å². The normalized spacial score (nSPS) is 14.5. The second-order valence-electron chi connectivity index (χ2n) is 5.47. The average Bonchev–Trinajstić information content (AvgIpc) is 2.61. The van der Waals surface area contributed by atoms with Crippen LogP contribution in [-0.2, 0) is 0 Å². The van der Waals surface area contributed by atoms with Gasteiger partial charge in [0.25, 0.3) is 5.91 Å². The van der Waals surface area contributed by atoms with Crippen LogP contribution in [0.1, 0.15) is 20.7 Å². The zero-order valence-corrected chi connectivity index (χ0v) is 12.9. The molecule has 2 heterocycles. The first kappa shape index (κ1) is 15.9. The molecule has 2 aromatic rings. The molecule has 1 aliphatic heterocycles. The highest BCUT2D eigenvalue weighted by atomic mass is 19.1. The molecule has 0 atom stereocenters. The number of aromatic carboxylic acids is 1. The quantitative estimate of drug-likeness (QED) is 0.931. The molecule has 7 heteroatoms. The highest BCUT2D eigenvalue weighted by Gasteiger charge is 2.25. The number of anilines is 1. The van der Waals surface area contributed by atoms with Gasteiger partial charge in [0.05, 0.1) is 0 Å². The third-order valence-corrected chi connectivity index (χ3v) is 3.96. The Morgan fingerprint density at radius 1 is 1.08 bits per heavy atom. The van der Waals surface area contributed by atoms with Gasteiger partial charge in [-0.25, -0.2) is 14.2 Å². The first-order chi connectivity index (χ1) is 11.6. The molecule has 24 heavy (non-hydrogen) atoms. The van der Waals surface area contributed by atoms with E-state index in [0.29, 0.717) is 37.6 Å². The Labute approximate surface area is 138 Å². The van der Waals surface area contributed by atoms with Crippen LogP contribution < -0.4 is 4.90 Å². The number of carboxylic acids is 1. The topological polar surface area (TPSA) is 73.7 Å². The van der Waals surface area contributed by atoms with Crippen molar-refractivity contribution < 1.29 is 19.1 Å². The number of halogens is 1. The van der Waals surface area contributed by atoms with Crippen molar-refractivity contribution in [1.29, 1.82) is 0 Å². The number of carboxylic acid groups (broad SMARTS) is 1. The van der Waals surface area contributed by atoms with Gasteiger partial charge < -0.3 is 14.9 Å². The zero-order chi connectivity index (χ0) is 17.1. The number of carbonyl (C=O) groups excluding carboxylic acids is 1. The minimum absolute atomic E-state index is 0.141. The standard InChI is InChI=1S/C17H16FN3O3/c18-13-4-1-3-12(11-13)16(22)21-9-7-20(8-10-21)15-14(17(23)24)5-2-6-19-15/h1-6,11H,7-10H2,(H,23,24). The van der Waals surface area contributed by atoms with Crippen molar-refractivity contribution in [1.82, 2.24) is 9.88 Å². The van der Waals surface area contributed by atoms with Crippen LogP contribution in [0.25, 0.3) is 0 Å². The Kier molecular flexibility index (Phi) is 4.41. The van der Waals surface area contributed by atoms with Gasteiger partial charge in [0.1, 0.15) is 17.2 Å². The molecule has 1 fully saturated rings. The molecule has 1 saturated heterocycles. The third kappa shape index (κ3) is 3.19. The summed E-state index contributed by atoms with van der Waals surface area (Å²) in [5.74, 6) is -1.30. The fourth-order valence-electron chi connectivity index (χ4n) is 2.74. The molecule has 1 aromatic carbocycles. The lowest BCUT2D eigenvalue weighted by Crippen LogP contribution is -2.49. The summed E-state index contributed by atoms with van der Waals surface area (Å²) in [5, 5.41) is 9.24. The number of amides is 1. The maximum Gasteiger partial charge on any atom is 0.339 e. The first-order valence-electron chi connectivity index (χ1n) is 7.54. The molecular weight excluding hydrogens is 313 g/mol. The molecule has 0 unspecified atom stereocenters. The number of hydrogen-bond acceptors (Lipinski definition) is 4.